The van der Waals surface area contributed by atoms with Crippen molar-refractivity contribution in [2.75, 3.05) is 383 Å². The number of aliphatic hydroxyl groups excluding tert-OH is 4. The van der Waals surface area contributed by atoms with E-state index in [2.05, 4.69) is 0 Å². The molecule has 0 spiro atoms. The van der Waals surface area contributed by atoms with E-state index in [0.29, 0.717) is 12.8 Å². The zero-order valence-electron chi connectivity index (χ0n) is 91.2. The molecule has 4 N–H and O–H groups in total. The number of aliphatic hydroxyl groups is 4. The van der Waals surface area contributed by atoms with Gasteiger partial charge in [0.15, 0.2) is 0 Å². The minimum atomic E-state index is -1.60. The van der Waals surface area contributed by atoms with E-state index in [4.69, 9.17) is 94.7 Å². The molecule has 4 unspecified atom stereocenters. The molecule has 0 aliphatic heterocycles. The molecule has 51 heteroatoms. The molecule has 51 nitrogen and oxygen atoms in total. The number of ether oxygens (including phenoxy) is 20. The topological polar surface area (TPSA) is 574 Å². The Morgan fingerprint density at radius 3 is 0.430 bits per heavy atom. The van der Waals surface area contributed by atoms with Crippen LogP contribution in [0.4, 0.5) is 0 Å². The zero-order chi connectivity index (χ0) is 112. The molecule has 149 heavy (non-hydrogen) atoms. The van der Waals surface area contributed by atoms with E-state index < -0.39 is 184 Å². The SMILES string of the molecule is COC(=O)CCN(CCC(=O)OC)CCC(CCN(CCC(=O)OC)CCC(=O)OC)CC(O)COCC(COCC(O)CN(CCN(CCC(=O)OC)CCC(=O)OC)CCN(CCC(=O)OC)CCC(=O)OC)(COCC(O)CN(CCN(CCC(=O)OC)CCC(=O)OC)CCN(CCC(=O)OC)CCC(=O)OC)COCC(O)CN(CCN(CCC(=O)OC)CCC(=O)OC)CCN(CCC(=O)OC)CCC(=O)OC. The first kappa shape index (κ1) is 140. The average molecular weight is 2150 g/mol. The van der Waals surface area contributed by atoms with Crippen LogP contribution in [0.1, 0.15) is 122 Å². The summed E-state index contributed by atoms with van der Waals surface area (Å²) in [5.74, 6) is -8.68. The molecular weight excluding hydrogens is 1970 g/mol. The van der Waals surface area contributed by atoms with Crippen molar-refractivity contribution in [2.45, 2.75) is 146 Å². The molecule has 0 rings (SSSR count). The van der Waals surface area contributed by atoms with Crippen molar-refractivity contribution in [1.29, 1.82) is 0 Å². The molecule has 0 fully saturated rings. The summed E-state index contributed by atoms with van der Waals surface area (Å²) in [7, 11) is 19.9. The predicted molar refractivity (Wildman–Crippen MR) is 534 cm³/mol. The van der Waals surface area contributed by atoms with E-state index in [1.54, 1.807) is 0 Å². The largest absolute Gasteiger partial charge is 0.469 e. The van der Waals surface area contributed by atoms with Crippen LogP contribution in [0, 0.1) is 11.3 Å². The van der Waals surface area contributed by atoms with Gasteiger partial charge in [-0.2, -0.15) is 0 Å². The van der Waals surface area contributed by atoms with Crippen molar-refractivity contribution >= 4 is 95.5 Å². The number of carbonyl (C=O) groups excluding carboxylic acids is 16. The molecule has 0 radical (unpaired) electrons. The maximum absolute atomic E-state index is 12.6. The van der Waals surface area contributed by atoms with Crippen molar-refractivity contribution in [3.05, 3.63) is 0 Å². The lowest BCUT2D eigenvalue weighted by Gasteiger charge is -2.35. The first-order chi connectivity index (χ1) is 71.3. The highest BCUT2D eigenvalue weighted by atomic mass is 16.6. The second kappa shape index (κ2) is 88.2. The fourth-order valence-electron chi connectivity index (χ4n) is 15.4. The second-order valence-corrected chi connectivity index (χ2v) is 35.7. The molecule has 0 bridgehead atoms. The predicted octanol–water partition coefficient (Wildman–Crippen LogP) is -2.40. The van der Waals surface area contributed by atoms with Crippen LogP contribution in [0.3, 0.4) is 0 Å². The average Bonchev–Trinajstić information content (AvgIpc) is 0.854. The Labute approximate surface area is 878 Å². The Morgan fingerprint density at radius 2 is 0.295 bits per heavy atom. The van der Waals surface area contributed by atoms with Crippen molar-refractivity contribution in [2.24, 2.45) is 11.3 Å². The zero-order valence-corrected chi connectivity index (χ0v) is 91.2. The van der Waals surface area contributed by atoms with E-state index in [1.807, 2.05) is 53.9 Å². The van der Waals surface area contributed by atoms with Crippen LogP contribution >= 0.6 is 0 Å². The van der Waals surface area contributed by atoms with Gasteiger partial charge in [0, 0.05) is 203 Å². The van der Waals surface area contributed by atoms with Crippen molar-refractivity contribution in [3.63, 3.8) is 0 Å². The number of esters is 16. The maximum atomic E-state index is 12.6. The molecule has 4 atom stereocenters. The highest BCUT2D eigenvalue weighted by Crippen LogP contribution is 2.25. The van der Waals surface area contributed by atoms with Gasteiger partial charge in [0.2, 0.25) is 0 Å². The van der Waals surface area contributed by atoms with Gasteiger partial charge in [0.25, 0.3) is 0 Å². The number of nitrogens with zero attached hydrogens (tertiary/aromatic N) is 11. The Morgan fingerprint density at radius 1 is 0.174 bits per heavy atom. The summed E-state index contributed by atoms with van der Waals surface area (Å²) in [6.45, 7) is 1.38. The van der Waals surface area contributed by atoms with E-state index in [1.165, 1.54) is 114 Å². The molecule has 0 aliphatic carbocycles. The second-order valence-electron chi connectivity index (χ2n) is 35.7. The van der Waals surface area contributed by atoms with Gasteiger partial charge in [-0.1, -0.05) is 0 Å². The van der Waals surface area contributed by atoms with Gasteiger partial charge in [0.1, 0.15) is 0 Å². The molecular formula is C98H177N11O40. The van der Waals surface area contributed by atoms with Crippen molar-refractivity contribution in [3.8, 4) is 0 Å². The maximum Gasteiger partial charge on any atom is 0.306 e. The molecule has 0 saturated heterocycles. The van der Waals surface area contributed by atoms with E-state index in [9.17, 15) is 97.1 Å². The molecule has 0 amide bonds. The summed E-state index contributed by atoms with van der Waals surface area (Å²) in [5, 5.41) is 50.1. The Hall–Kier alpha value is -9.24. The third-order valence-electron chi connectivity index (χ3n) is 24.7. The van der Waals surface area contributed by atoms with Crippen LogP contribution in [0.15, 0.2) is 0 Å². The van der Waals surface area contributed by atoms with Crippen molar-refractivity contribution < 1.29 is 192 Å². The Balaban J connectivity index is 9.47. The minimum absolute atomic E-state index is 0.0299. The molecule has 0 heterocycles. The molecule has 0 aromatic carbocycles. The monoisotopic (exact) mass is 2150 g/mol. The van der Waals surface area contributed by atoms with Gasteiger partial charge in [-0.05, 0) is 38.3 Å². The molecule has 0 aromatic heterocycles. The quantitative estimate of drug-likeness (QED) is 0.0364. The summed E-state index contributed by atoms with van der Waals surface area (Å²) in [5.41, 5.74) is -1.60. The standard InChI is InChI=1S/C98H177N11O40/c1-130-82(114)19-37-99(38-20-83(115)131-2)35-17-77(18-36-100(39-21-84(116)132-3)40-22-85(117)133-4)65-78(110)69-146-73-98(74-147-70-79(111)66-107(59-53-101(41-23-86(118)134-5)42-24-87(119)135-6)60-54-102(43-25-88(120)136-7)44-26-89(121)137-8,75-148-71-80(112)67-108(61-55-103(45-27-90(122)138-9)46-28-91(123)139-10)62-56-104(47-29-92(124)140-11)48-30-93(125)141-12)76-149-72-81(113)68-109(63-57-105(49-31-94(126)142-13)50-32-95(127)143-14)64-58-106(51-33-96(128)144-15)52-34-97(129)145-16/h77-81,110-113H,17-76H2,1-16H3. The molecule has 0 aliphatic rings. The number of carbonyl (C=O) groups is 16. The Kier molecular flexibility index (Phi) is 82.8. The van der Waals surface area contributed by atoms with E-state index >= 15 is 0 Å². The lowest BCUT2D eigenvalue weighted by molar-refractivity contribution is -0.143. The van der Waals surface area contributed by atoms with Crippen molar-refractivity contribution in [1.82, 2.24) is 53.9 Å². The summed E-state index contributed by atoms with van der Waals surface area (Å²) < 4.78 is 106. The van der Waals surface area contributed by atoms with Crippen LogP contribution in [-0.4, -0.2) is 577 Å². The number of rotatable bonds is 96. The Bertz CT molecular complexity index is 2910. The van der Waals surface area contributed by atoms with Crippen LogP contribution in [0.2, 0.25) is 0 Å². The van der Waals surface area contributed by atoms with Gasteiger partial charge >= 0.3 is 95.5 Å². The first-order valence-corrected chi connectivity index (χ1v) is 50.4. The summed E-state index contributed by atoms with van der Waals surface area (Å²) >= 11 is 0. The molecule has 0 saturated carbocycles. The highest BCUT2D eigenvalue weighted by Gasteiger charge is 2.36. The van der Waals surface area contributed by atoms with Crippen LogP contribution in [-0.2, 0) is 171 Å². The minimum Gasteiger partial charge on any atom is -0.469 e. The van der Waals surface area contributed by atoms with E-state index in [-0.39, 0.29) is 325 Å². The van der Waals surface area contributed by atoms with Gasteiger partial charge < -0.3 is 154 Å². The first-order valence-electron chi connectivity index (χ1n) is 50.4. The highest BCUT2D eigenvalue weighted by molar-refractivity contribution is 5.75. The normalized spacial score (nSPS) is 12.8. The van der Waals surface area contributed by atoms with Gasteiger partial charge in [0.05, 0.1) is 299 Å². The third-order valence-corrected chi connectivity index (χ3v) is 24.7. The third kappa shape index (κ3) is 74.4. The van der Waals surface area contributed by atoms with Gasteiger partial charge in [-0.3, -0.25) is 91.4 Å². The number of hydrogen-bond acceptors (Lipinski definition) is 51. The lowest BCUT2D eigenvalue weighted by Crippen LogP contribution is -2.47. The van der Waals surface area contributed by atoms with Gasteiger partial charge in [-0.25, -0.2) is 0 Å². The summed E-state index contributed by atoms with van der Waals surface area (Å²) in [6, 6.07) is 0. The van der Waals surface area contributed by atoms with Gasteiger partial charge in [-0.15, -0.1) is 0 Å². The molecule has 864 valence electrons. The lowest BCUT2D eigenvalue weighted by atomic mass is 9.91. The van der Waals surface area contributed by atoms with Crippen LogP contribution < -0.4 is 0 Å². The fraction of sp³-hybridized carbons (Fsp3) is 0.837. The van der Waals surface area contributed by atoms with E-state index in [0.717, 1.165) is 0 Å². The number of methoxy groups -OCH3 is 16. The van der Waals surface area contributed by atoms with Crippen LogP contribution in [0.5, 0.6) is 0 Å². The molecule has 0 aromatic rings. The summed E-state index contributed by atoms with van der Waals surface area (Å²) in [6.07, 6.45) is -5.54. The van der Waals surface area contributed by atoms with Crippen LogP contribution in [0.25, 0.3) is 0 Å². The number of hydrogen-bond donors (Lipinski definition) is 4. The smallest absolute Gasteiger partial charge is 0.306 e. The fourth-order valence-corrected chi connectivity index (χ4v) is 15.4. The summed E-state index contributed by atoms with van der Waals surface area (Å²) in [4.78, 5) is 223.